The summed E-state index contributed by atoms with van der Waals surface area (Å²) in [5.74, 6) is 1.22. The van der Waals surface area contributed by atoms with Crippen molar-refractivity contribution in [2.45, 2.75) is 6.42 Å². The molecule has 0 atom stereocenters. The van der Waals surface area contributed by atoms with Gasteiger partial charge < -0.3 is 9.47 Å². The molecule has 1 radical (unpaired) electrons. The molecule has 0 amide bonds. The minimum absolute atomic E-state index is 0.222. The Kier molecular flexibility index (Phi) is 3.46. The molecule has 113 valence electrons. The van der Waals surface area contributed by atoms with Gasteiger partial charge >= 0.3 is 0 Å². The molecule has 4 rings (SSSR count). The zero-order chi connectivity index (χ0) is 15.6. The number of hydrogen-bond acceptors (Lipinski definition) is 2. The second-order valence-electron chi connectivity index (χ2n) is 5.41. The highest BCUT2D eigenvalue weighted by Crippen LogP contribution is 2.34. The van der Waals surface area contributed by atoms with Gasteiger partial charge in [0, 0.05) is 12.0 Å². The molecule has 0 saturated carbocycles. The van der Waals surface area contributed by atoms with Gasteiger partial charge in [0.2, 0.25) is 6.79 Å². The van der Waals surface area contributed by atoms with E-state index in [0.29, 0.717) is 17.7 Å². The fourth-order valence-corrected chi connectivity index (χ4v) is 2.80. The summed E-state index contributed by atoms with van der Waals surface area (Å²) in [5.41, 5.74) is 3.37. The van der Waals surface area contributed by atoms with E-state index in [9.17, 15) is 4.39 Å². The third kappa shape index (κ3) is 2.66. The zero-order valence-electron chi connectivity index (χ0n) is 12.4. The van der Waals surface area contributed by atoms with E-state index < -0.39 is 0 Å². The van der Waals surface area contributed by atoms with Crippen LogP contribution < -0.4 is 9.47 Å². The van der Waals surface area contributed by atoms with Gasteiger partial charge in [-0.1, -0.05) is 42.5 Å². The van der Waals surface area contributed by atoms with Crippen LogP contribution in [-0.4, -0.2) is 6.79 Å². The average Bonchev–Trinajstić information content (AvgIpc) is 3.05. The van der Waals surface area contributed by atoms with Crippen LogP contribution in [0.2, 0.25) is 0 Å². The van der Waals surface area contributed by atoms with Gasteiger partial charge in [-0.05, 0) is 41.0 Å². The molecule has 0 unspecified atom stereocenters. The molecule has 0 saturated heterocycles. The van der Waals surface area contributed by atoms with Crippen LogP contribution in [0.4, 0.5) is 4.39 Å². The van der Waals surface area contributed by atoms with Gasteiger partial charge in [-0.25, -0.2) is 4.39 Å². The Morgan fingerprint density at radius 3 is 2.65 bits per heavy atom. The summed E-state index contributed by atoms with van der Waals surface area (Å²) in [6, 6.07) is 21.7. The highest BCUT2D eigenvalue weighted by atomic mass is 19.1. The lowest BCUT2D eigenvalue weighted by atomic mass is 9.94. The van der Waals surface area contributed by atoms with Crippen LogP contribution in [-0.2, 0) is 6.42 Å². The summed E-state index contributed by atoms with van der Waals surface area (Å²) in [4.78, 5) is 0. The average molecular weight is 305 g/mol. The smallest absolute Gasteiger partial charge is 0.231 e. The first-order valence-electron chi connectivity index (χ1n) is 7.44. The lowest BCUT2D eigenvalue weighted by molar-refractivity contribution is 0.174. The number of fused-ring (bicyclic) bond motifs is 1. The minimum atomic E-state index is -0.222. The quantitative estimate of drug-likeness (QED) is 0.703. The second-order valence-corrected chi connectivity index (χ2v) is 5.41. The molecule has 1 aliphatic heterocycles. The molecule has 0 aromatic heterocycles. The van der Waals surface area contributed by atoms with Crippen molar-refractivity contribution in [3.05, 3.63) is 83.7 Å². The molecule has 1 heterocycles. The first-order chi connectivity index (χ1) is 11.3. The molecule has 3 heteroatoms. The molecule has 23 heavy (non-hydrogen) atoms. The maximum Gasteiger partial charge on any atom is 0.231 e. The standard InChI is InChI=1S/C20H14FO2/c21-18-8-4-7-16(15-5-2-1-3-6-15)17(18)11-14-9-10-19-20(12-14)23-13-22-19/h1-6,8-10,12H,11,13H2. The largest absolute Gasteiger partial charge is 0.454 e. The molecule has 0 spiro atoms. The van der Waals surface area contributed by atoms with Gasteiger partial charge in [0.25, 0.3) is 0 Å². The van der Waals surface area contributed by atoms with E-state index in [1.807, 2.05) is 48.5 Å². The Morgan fingerprint density at radius 2 is 1.78 bits per heavy atom. The first-order valence-corrected chi connectivity index (χ1v) is 7.44. The van der Waals surface area contributed by atoms with E-state index in [0.717, 1.165) is 22.4 Å². The molecule has 3 aromatic rings. The Labute approximate surface area is 134 Å². The van der Waals surface area contributed by atoms with Crippen molar-refractivity contribution in [1.29, 1.82) is 0 Å². The van der Waals surface area contributed by atoms with E-state index in [2.05, 4.69) is 6.07 Å². The lowest BCUT2D eigenvalue weighted by Gasteiger charge is -2.11. The van der Waals surface area contributed by atoms with Crippen LogP contribution >= 0.6 is 0 Å². The number of ether oxygens (including phenoxy) is 2. The summed E-state index contributed by atoms with van der Waals surface area (Å²) in [6.07, 6.45) is 0.476. The summed E-state index contributed by atoms with van der Waals surface area (Å²) in [7, 11) is 0. The SMILES string of the molecule is Fc1cc[c]c(-c2ccccc2)c1Cc1ccc2c(c1)OCO2. The molecule has 0 aliphatic carbocycles. The summed E-state index contributed by atoms with van der Waals surface area (Å²) in [5, 5.41) is 0. The van der Waals surface area contributed by atoms with E-state index >= 15 is 0 Å². The fraction of sp³-hybridized carbons (Fsp3) is 0.100. The van der Waals surface area contributed by atoms with Gasteiger partial charge in [-0.15, -0.1) is 0 Å². The van der Waals surface area contributed by atoms with E-state index in [1.165, 1.54) is 6.07 Å². The number of hydrogen-bond donors (Lipinski definition) is 0. The molecular formula is C20H14FO2. The molecular weight excluding hydrogens is 291 g/mol. The zero-order valence-corrected chi connectivity index (χ0v) is 12.4. The highest BCUT2D eigenvalue weighted by Gasteiger charge is 2.16. The van der Waals surface area contributed by atoms with Crippen LogP contribution in [0.3, 0.4) is 0 Å². The molecule has 1 aliphatic rings. The van der Waals surface area contributed by atoms with Crippen molar-refractivity contribution in [2.24, 2.45) is 0 Å². The third-order valence-electron chi connectivity index (χ3n) is 3.93. The maximum absolute atomic E-state index is 14.4. The van der Waals surface area contributed by atoms with Crippen LogP contribution in [0.25, 0.3) is 11.1 Å². The fourth-order valence-electron chi connectivity index (χ4n) is 2.80. The molecule has 0 N–H and O–H groups in total. The Balaban J connectivity index is 1.74. The maximum atomic E-state index is 14.4. The van der Waals surface area contributed by atoms with Crippen molar-refractivity contribution in [3.63, 3.8) is 0 Å². The predicted molar refractivity (Wildman–Crippen MR) is 86.0 cm³/mol. The minimum Gasteiger partial charge on any atom is -0.454 e. The number of benzene rings is 3. The van der Waals surface area contributed by atoms with Crippen molar-refractivity contribution < 1.29 is 13.9 Å². The molecule has 0 fully saturated rings. The Bertz CT molecular complexity index is 844. The first kappa shape index (κ1) is 13.8. The highest BCUT2D eigenvalue weighted by molar-refractivity contribution is 5.67. The predicted octanol–water partition coefficient (Wildman–Crippen LogP) is 4.61. The van der Waals surface area contributed by atoms with E-state index in [1.54, 1.807) is 6.07 Å². The van der Waals surface area contributed by atoms with Crippen LogP contribution in [0.5, 0.6) is 11.5 Å². The van der Waals surface area contributed by atoms with Gasteiger partial charge in [-0.3, -0.25) is 0 Å². The van der Waals surface area contributed by atoms with E-state index in [4.69, 9.17) is 9.47 Å². The van der Waals surface area contributed by atoms with Crippen LogP contribution in [0.15, 0.2) is 60.7 Å². The van der Waals surface area contributed by atoms with Crippen molar-refractivity contribution in [1.82, 2.24) is 0 Å². The summed E-state index contributed by atoms with van der Waals surface area (Å²) >= 11 is 0. The van der Waals surface area contributed by atoms with Crippen molar-refractivity contribution in [2.75, 3.05) is 6.79 Å². The van der Waals surface area contributed by atoms with E-state index in [-0.39, 0.29) is 12.6 Å². The lowest BCUT2D eigenvalue weighted by Crippen LogP contribution is -1.97. The summed E-state index contributed by atoms with van der Waals surface area (Å²) < 4.78 is 25.1. The summed E-state index contributed by atoms with van der Waals surface area (Å²) in [6.45, 7) is 0.238. The third-order valence-corrected chi connectivity index (χ3v) is 3.93. The molecule has 2 nitrogen and oxygen atoms in total. The number of rotatable bonds is 3. The van der Waals surface area contributed by atoms with Crippen LogP contribution in [0.1, 0.15) is 11.1 Å². The van der Waals surface area contributed by atoms with Crippen molar-refractivity contribution in [3.8, 4) is 22.6 Å². The van der Waals surface area contributed by atoms with Gasteiger partial charge in [0.05, 0.1) is 0 Å². The van der Waals surface area contributed by atoms with Gasteiger partial charge in [0.1, 0.15) is 5.82 Å². The Morgan fingerprint density at radius 1 is 0.957 bits per heavy atom. The molecule has 0 bridgehead atoms. The van der Waals surface area contributed by atoms with Gasteiger partial charge in [0.15, 0.2) is 11.5 Å². The molecule has 3 aromatic carbocycles. The Hall–Kier alpha value is -2.81. The number of halogens is 1. The topological polar surface area (TPSA) is 18.5 Å². The normalized spacial score (nSPS) is 12.4. The van der Waals surface area contributed by atoms with Crippen LogP contribution in [0, 0.1) is 11.9 Å². The van der Waals surface area contributed by atoms with Gasteiger partial charge in [-0.2, -0.15) is 0 Å². The second kappa shape index (κ2) is 5.76. The monoisotopic (exact) mass is 305 g/mol. The van der Waals surface area contributed by atoms with Crippen molar-refractivity contribution >= 4 is 0 Å².